The van der Waals surface area contributed by atoms with Crippen LogP contribution in [0.4, 0.5) is 4.79 Å². The van der Waals surface area contributed by atoms with Gasteiger partial charge in [-0.2, -0.15) is 0 Å². The van der Waals surface area contributed by atoms with E-state index in [0.29, 0.717) is 17.5 Å². The van der Waals surface area contributed by atoms with E-state index in [2.05, 4.69) is 34.4 Å². The molecule has 2 rings (SSSR count). The van der Waals surface area contributed by atoms with Crippen molar-refractivity contribution >= 4 is 12.0 Å². The minimum Gasteiger partial charge on any atom is -0.480 e. The van der Waals surface area contributed by atoms with E-state index in [1.165, 1.54) is 6.33 Å². The van der Waals surface area contributed by atoms with Crippen molar-refractivity contribution in [3.8, 4) is 0 Å². The van der Waals surface area contributed by atoms with E-state index in [0.717, 1.165) is 12.8 Å². The lowest BCUT2D eigenvalue weighted by atomic mass is 9.98. The third-order valence-corrected chi connectivity index (χ3v) is 4.36. The Labute approximate surface area is 123 Å². The first-order valence-electron chi connectivity index (χ1n) is 7.24. The van der Waals surface area contributed by atoms with Crippen molar-refractivity contribution in [2.24, 2.45) is 11.8 Å². The zero-order chi connectivity index (χ0) is 15.4. The van der Waals surface area contributed by atoms with Crippen LogP contribution in [0.3, 0.4) is 0 Å². The number of rotatable bonds is 5. The Hall–Kier alpha value is -2.05. The van der Waals surface area contributed by atoms with Gasteiger partial charge in [-0.25, -0.2) is 14.6 Å². The molecule has 3 unspecified atom stereocenters. The van der Waals surface area contributed by atoms with Gasteiger partial charge >= 0.3 is 12.0 Å². The van der Waals surface area contributed by atoms with Gasteiger partial charge in [-0.3, -0.25) is 0 Å². The van der Waals surface area contributed by atoms with E-state index in [1.54, 1.807) is 6.20 Å². The molecule has 1 fully saturated rings. The molecule has 0 saturated heterocycles. The van der Waals surface area contributed by atoms with Gasteiger partial charge in [0.1, 0.15) is 6.04 Å². The van der Waals surface area contributed by atoms with Crippen LogP contribution in [0.1, 0.15) is 32.4 Å². The van der Waals surface area contributed by atoms with Gasteiger partial charge in [-0.15, -0.1) is 0 Å². The third kappa shape index (κ3) is 3.96. The Bertz CT molecular complexity index is 488. The number of nitrogens with zero attached hydrogens (tertiary/aromatic N) is 1. The predicted molar refractivity (Wildman–Crippen MR) is 76.7 cm³/mol. The maximum atomic E-state index is 12.0. The van der Waals surface area contributed by atoms with Gasteiger partial charge in [0.05, 0.1) is 6.33 Å². The number of nitrogens with one attached hydrogen (secondary N) is 3. The monoisotopic (exact) mass is 294 g/mol. The molecule has 1 heterocycles. The Kier molecular flexibility index (Phi) is 4.82. The van der Waals surface area contributed by atoms with Crippen LogP contribution in [0.25, 0.3) is 0 Å². The van der Waals surface area contributed by atoms with E-state index in [9.17, 15) is 14.7 Å². The number of carbonyl (C=O) groups is 2. The molecule has 0 radical (unpaired) electrons. The van der Waals surface area contributed by atoms with Crippen LogP contribution in [0.2, 0.25) is 0 Å². The predicted octanol–water partition coefficient (Wildman–Crippen LogP) is 1.14. The van der Waals surface area contributed by atoms with Crippen LogP contribution in [-0.4, -0.2) is 39.2 Å². The second kappa shape index (κ2) is 6.60. The lowest BCUT2D eigenvalue weighted by Gasteiger charge is -2.21. The minimum absolute atomic E-state index is 0.113. The summed E-state index contributed by atoms with van der Waals surface area (Å²) in [5, 5.41) is 14.6. The van der Waals surface area contributed by atoms with Crippen molar-refractivity contribution in [2.45, 2.75) is 45.2 Å². The number of imidazole rings is 1. The minimum atomic E-state index is -1.06. The van der Waals surface area contributed by atoms with Gasteiger partial charge in [0.2, 0.25) is 0 Å². The number of amides is 2. The molecule has 4 atom stereocenters. The molecule has 0 spiro atoms. The first-order chi connectivity index (χ1) is 9.97. The highest BCUT2D eigenvalue weighted by atomic mass is 16.4. The van der Waals surface area contributed by atoms with Crippen molar-refractivity contribution in [3.05, 3.63) is 18.2 Å². The third-order valence-electron chi connectivity index (χ3n) is 4.36. The maximum Gasteiger partial charge on any atom is 0.326 e. The Balaban J connectivity index is 1.88. The molecule has 7 nitrogen and oxygen atoms in total. The quantitative estimate of drug-likeness (QED) is 0.653. The van der Waals surface area contributed by atoms with Crippen molar-refractivity contribution in [3.63, 3.8) is 0 Å². The van der Waals surface area contributed by atoms with Gasteiger partial charge < -0.3 is 20.7 Å². The molecule has 0 bridgehead atoms. The molecule has 2 amide bonds. The van der Waals surface area contributed by atoms with Crippen LogP contribution in [0, 0.1) is 11.8 Å². The number of carboxylic acids is 1. The summed E-state index contributed by atoms with van der Waals surface area (Å²) in [5.74, 6) is -0.0743. The largest absolute Gasteiger partial charge is 0.480 e. The highest BCUT2D eigenvalue weighted by molar-refractivity contribution is 5.82. The molecule has 7 heteroatoms. The number of aromatic nitrogens is 2. The van der Waals surface area contributed by atoms with E-state index < -0.39 is 18.0 Å². The lowest BCUT2D eigenvalue weighted by molar-refractivity contribution is -0.139. The highest BCUT2D eigenvalue weighted by Gasteiger charge is 2.31. The fraction of sp³-hybridized carbons (Fsp3) is 0.643. The molecule has 21 heavy (non-hydrogen) atoms. The summed E-state index contributed by atoms with van der Waals surface area (Å²) in [7, 11) is 0. The fourth-order valence-electron chi connectivity index (χ4n) is 2.75. The SMILES string of the molecule is CC1CCC(NC(=O)N[C@H](Cc2cnc[nH]2)C(=O)O)C1C. The summed E-state index contributed by atoms with van der Waals surface area (Å²) in [6.45, 7) is 4.28. The number of hydrogen-bond donors (Lipinski definition) is 4. The standard InChI is InChI=1S/C14H22N4O3/c1-8-3-4-11(9(8)2)17-14(21)18-12(13(19)20)5-10-6-15-7-16-10/h6-9,11-12H,3-5H2,1-2H3,(H,15,16)(H,19,20)(H2,17,18,21)/t8?,9?,11?,12-/m1/s1. The van der Waals surface area contributed by atoms with Crippen LogP contribution in [0.15, 0.2) is 12.5 Å². The van der Waals surface area contributed by atoms with Crippen molar-refractivity contribution in [1.82, 2.24) is 20.6 Å². The van der Waals surface area contributed by atoms with E-state index in [1.807, 2.05) is 0 Å². The molecule has 116 valence electrons. The number of H-pyrrole nitrogens is 1. The Morgan fingerprint density at radius 3 is 2.76 bits per heavy atom. The number of carboxylic acid groups (broad SMARTS) is 1. The first-order valence-corrected chi connectivity index (χ1v) is 7.24. The number of hydrogen-bond acceptors (Lipinski definition) is 3. The molecular formula is C14H22N4O3. The first kappa shape index (κ1) is 15.3. The topological polar surface area (TPSA) is 107 Å². The van der Waals surface area contributed by atoms with Gasteiger partial charge in [0.25, 0.3) is 0 Å². The lowest BCUT2D eigenvalue weighted by Crippen LogP contribution is -2.50. The second-order valence-electron chi connectivity index (χ2n) is 5.81. The average molecular weight is 294 g/mol. The highest BCUT2D eigenvalue weighted by Crippen LogP contribution is 2.30. The molecule has 1 aromatic heterocycles. The van der Waals surface area contributed by atoms with Gasteiger partial charge in [0.15, 0.2) is 0 Å². The van der Waals surface area contributed by atoms with Crippen LogP contribution in [0.5, 0.6) is 0 Å². The second-order valence-corrected chi connectivity index (χ2v) is 5.81. The van der Waals surface area contributed by atoms with Gasteiger partial charge in [0, 0.05) is 24.4 Å². The normalized spacial score (nSPS) is 26.3. The molecular weight excluding hydrogens is 272 g/mol. The van der Waals surface area contributed by atoms with Crippen molar-refractivity contribution in [2.75, 3.05) is 0 Å². The van der Waals surface area contributed by atoms with Gasteiger partial charge in [-0.05, 0) is 24.7 Å². The summed E-state index contributed by atoms with van der Waals surface area (Å²) in [4.78, 5) is 29.9. The summed E-state index contributed by atoms with van der Waals surface area (Å²) in [5.41, 5.74) is 0.672. The van der Waals surface area contributed by atoms with Gasteiger partial charge in [-0.1, -0.05) is 13.8 Å². The van der Waals surface area contributed by atoms with Crippen LogP contribution < -0.4 is 10.6 Å². The molecule has 1 aromatic rings. The summed E-state index contributed by atoms with van der Waals surface area (Å²) < 4.78 is 0. The summed E-state index contributed by atoms with van der Waals surface area (Å²) in [6.07, 6.45) is 5.24. The zero-order valence-corrected chi connectivity index (χ0v) is 12.3. The molecule has 1 aliphatic carbocycles. The van der Waals surface area contributed by atoms with Crippen LogP contribution in [-0.2, 0) is 11.2 Å². The fourth-order valence-corrected chi connectivity index (χ4v) is 2.75. The van der Waals surface area contributed by atoms with E-state index >= 15 is 0 Å². The van der Waals surface area contributed by atoms with E-state index in [-0.39, 0.29) is 12.5 Å². The smallest absolute Gasteiger partial charge is 0.326 e. The van der Waals surface area contributed by atoms with Crippen LogP contribution >= 0.6 is 0 Å². The molecule has 0 aliphatic heterocycles. The maximum absolute atomic E-state index is 12.0. The summed E-state index contributed by atoms with van der Waals surface area (Å²) in [6, 6.07) is -1.28. The summed E-state index contributed by atoms with van der Waals surface area (Å²) >= 11 is 0. The van der Waals surface area contributed by atoms with Crippen molar-refractivity contribution < 1.29 is 14.7 Å². The molecule has 1 saturated carbocycles. The van der Waals surface area contributed by atoms with E-state index in [4.69, 9.17) is 0 Å². The molecule has 1 aliphatic rings. The number of carbonyl (C=O) groups excluding carboxylic acids is 1. The molecule has 4 N–H and O–H groups in total. The zero-order valence-electron chi connectivity index (χ0n) is 12.3. The number of aromatic amines is 1. The number of urea groups is 1. The Morgan fingerprint density at radius 2 is 2.24 bits per heavy atom. The van der Waals surface area contributed by atoms with Crippen molar-refractivity contribution in [1.29, 1.82) is 0 Å². The Morgan fingerprint density at radius 1 is 1.48 bits per heavy atom. The average Bonchev–Trinajstić information content (AvgIpc) is 3.03. The number of aliphatic carboxylic acids is 1. The molecule has 0 aromatic carbocycles.